The van der Waals surface area contributed by atoms with E-state index in [2.05, 4.69) is 59.9 Å². The minimum absolute atomic E-state index is 0.0432. The number of allylic oxidation sites excluding steroid dienone is 1. The normalized spacial score (nSPS) is 24.7. The molecule has 0 fully saturated rings. The zero-order valence-electron chi connectivity index (χ0n) is 14.4. The average Bonchev–Trinajstić information content (AvgIpc) is 2.98. The molecule has 5 heteroatoms. The number of H-pyrrole nitrogens is 1. The van der Waals surface area contributed by atoms with Gasteiger partial charge in [-0.3, -0.25) is 4.79 Å². The number of aromatic amines is 1. The molecule has 2 bridgehead atoms. The molecule has 24 heavy (non-hydrogen) atoms. The molecule has 1 aromatic carbocycles. The lowest BCUT2D eigenvalue weighted by atomic mass is 9.74. The number of carbonyl (C=O) groups excluding carboxylic acids is 1. The number of rotatable bonds is 3. The first-order valence-electron chi connectivity index (χ1n) is 8.19. The lowest BCUT2D eigenvalue weighted by molar-refractivity contribution is -0.114. The van der Waals surface area contributed by atoms with Crippen molar-refractivity contribution in [2.45, 2.75) is 29.4 Å². The standard InChI is InChI=1S/C19H22N2OS2/c1-11(22)14-10-21(2)16-9-13(14)17-12-7-5-6-8-15(12)20-18(17)19(16,23-3)24-4/h5-8,10,13,16,20H,9H2,1-4H3. The van der Waals surface area contributed by atoms with E-state index in [4.69, 9.17) is 0 Å². The highest BCUT2D eigenvalue weighted by Crippen LogP contribution is 2.60. The topological polar surface area (TPSA) is 36.1 Å². The van der Waals surface area contributed by atoms with E-state index in [1.165, 1.54) is 22.2 Å². The van der Waals surface area contributed by atoms with Crippen LogP contribution in [0.15, 0.2) is 36.0 Å². The fourth-order valence-corrected chi connectivity index (χ4v) is 6.94. The summed E-state index contributed by atoms with van der Waals surface area (Å²) in [5, 5.41) is 1.26. The second-order valence-electron chi connectivity index (χ2n) is 6.65. The molecule has 1 N–H and O–H groups in total. The van der Waals surface area contributed by atoms with Crippen LogP contribution in [0.1, 0.15) is 30.5 Å². The summed E-state index contributed by atoms with van der Waals surface area (Å²) in [6, 6.07) is 8.87. The summed E-state index contributed by atoms with van der Waals surface area (Å²) < 4.78 is -0.0432. The molecular weight excluding hydrogens is 336 g/mol. The molecule has 1 aromatic heterocycles. The van der Waals surface area contributed by atoms with E-state index in [0.29, 0.717) is 6.04 Å². The predicted octanol–water partition coefficient (Wildman–Crippen LogP) is 4.32. The highest BCUT2D eigenvalue weighted by atomic mass is 32.2. The highest BCUT2D eigenvalue weighted by molar-refractivity contribution is 8.17. The van der Waals surface area contributed by atoms with Gasteiger partial charge < -0.3 is 9.88 Å². The van der Waals surface area contributed by atoms with Gasteiger partial charge in [0.2, 0.25) is 0 Å². The van der Waals surface area contributed by atoms with Gasteiger partial charge in [0, 0.05) is 41.3 Å². The Kier molecular flexibility index (Phi) is 3.77. The Labute approximate surface area is 151 Å². The zero-order chi connectivity index (χ0) is 17.1. The van der Waals surface area contributed by atoms with Crippen LogP contribution in [0.5, 0.6) is 0 Å². The first-order chi connectivity index (χ1) is 11.5. The maximum Gasteiger partial charge on any atom is 0.157 e. The molecule has 3 nitrogen and oxygen atoms in total. The summed E-state index contributed by atoms with van der Waals surface area (Å²) in [5.74, 6) is 0.379. The van der Waals surface area contributed by atoms with Gasteiger partial charge in [0.1, 0.15) is 4.08 Å². The Hall–Kier alpha value is -1.33. The van der Waals surface area contributed by atoms with Gasteiger partial charge in [-0.2, -0.15) is 0 Å². The van der Waals surface area contributed by atoms with Crippen LogP contribution in [-0.2, 0) is 8.87 Å². The SMILES string of the molecule is CSC1(SC)c2[nH]c3ccccc3c2C2CC1N(C)C=C2C(C)=O. The van der Waals surface area contributed by atoms with Gasteiger partial charge >= 0.3 is 0 Å². The Morgan fingerprint density at radius 2 is 2.00 bits per heavy atom. The molecule has 2 unspecified atom stereocenters. The van der Waals surface area contributed by atoms with Crippen LogP contribution in [0.2, 0.25) is 0 Å². The fraction of sp³-hybridized carbons (Fsp3) is 0.421. The number of likely N-dealkylation sites (N-methyl/N-ethyl adjacent to an activating group) is 1. The van der Waals surface area contributed by atoms with E-state index < -0.39 is 0 Å². The molecular formula is C19H22N2OS2. The van der Waals surface area contributed by atoms with E-state index in [1.807, 2.05) is 23.5 Å². The molecule has 0 saturated heterocycles. The van der Waals surface area contributed by atoms with Gasteiger partial charge in [-0.15, -0.1) is 23.5 Å². The smallest absolute Gasteiger partial charge is 0.157 e. The minimum Gasteiger partial charge on any atom is -0.374 e. The lowest BCUT2D eigenvalue weighted by Crippen LogP contribution is -2.50. The maximum absolute atomic E-state index is 12.3. The van der Waals surface area contributed by atoms with Crippen LogP contribution in [0.25, 0.3) is 10.9 Å². The van der Waals surface area contributed by atoms with Crippen molar-refractivity contribution in [1.82, 2.24) is 9.88 Å². The third-order valence-corrected chi connectivity index (χ3v) is 8.73. The van der Waals surface area contributed by atoms with Crippen molar-refractivity contribution in [3.63, 3.8) is 0 Å². The van der Waals surface area contributed by atoms with Crippen LogP contribution >= 0.6 is 23.5 Å². The Morgan fingerprint density at radius 1 is 1.29 bits per heavy atom. The molecule has 1 aliphatic carbocycles. The van der Waals surface area contributed by atoms with Crippen molar-refractivity contribution in [2.75, 3.05) is 19.6 Å². The number of hydrogen-bond acceptors (Lipinski definition) is 4. The molecule has 2 aliphatic rings. The Bertz CT molecular complexity index is 850. The monoisotopic (exact) mass is 358 g/mol. The third kappa shape index (κ3) is 1.97. The summed E-state index contributed by atoms with van der Waals surface area (Å²) in [5.41, 5.74) is 4.74. The van der Waals surface area contributed by atoms with E-state index in [1.54, 1.807) is 6.92 Å². The van der Waals surface area contributed by atoms with Crippen molar-refractivity contribution in [3.05, 3.63) is 47.3 Å². The number of hydrogen-bond donors (Lipinski definition) is 1. The van der Waals surface area contributed by atoms with Crippen LogP contribution in [0.3, 0.4) is 0 Å². The number of nitrogens with one attached hydrogen (secondary N) is 1. The molecule has 126 valence electrons. The number of nitrogens with zero attached hydrogens (tertiary/aromatic N) is 1. The van der Waals surface area contributed by atoms with Crippen LogP contribution < -0.4 is 0 Å². The number of ketones is 1. The van der Waals surface area contributed by atoms with Gasteiger partial charge in [0.25, 0.3) is 0 Å². The Balaban J connectivity index is 2.07. The molecule has 2 heterocycles. The van der Waals surface area contributed by atoms with Crippen molar-refractivity contribution < 1.29 is 4.79 Å². The van der Waals surface area contributed by atoms with Gasteiger partial charge in [-0.1, -0.05) is 18.2 Å². The number of para-hydroxylation sites is 1. The average molecular weight is 359 g/mol. The van der Waals surface area contributed by atoms with Crippen LogP contribution in [-0.4, -0.2) is 41.3 Å². The van der Waals surface area contributed by atoms with E-state index in [9.17, 15) is 4.79 Å². The van der Waals surface area contributed by atoms with Crippen molar-refractivity contribution in [1.29, 1.82) is 0 Å². The second kappa shape index (κ2) is 5.60. The Morgan fingerprint density at radius 3 is 2.67 bits per heavy atom. The van der Waals surface area contributed by atoms with Crippen molar-refractivity contribution in [2.24, 2.45) is 0 Å². The number of fused-ring (bicyclic) bond motifs is 6. The zero-order valence-corrected chi connectivity index (χ0v) is 16.1. The van der Waals surface area contributed by atoms with Crippen LogP contribution in [0.4, 0.5) is 0 Å². The van der Waals surface area contributed by atoms with Crippen LogP contribution in [0, 0.1) is 0 Å². The molecule has 0 amide bonds. The summed E-state index contributed by atoms with van der Waals surface area (Å²) in [6.45, 7) is 1.69. The second-order valence-corrected chi connectivity index (χ2v) is 9.01. The fourth-order valence-electron chi connectivity index (χ4n) is 4.48. The summed E-state index contributed by atoms with van der Waals surface area (Å²) in [4.78, 5) is 18.3. The largest absolute Gasteiger partial charge is 0.374 e. The van der Waals surface area contributed by atoms with Gasteiger partial charge in [0.05, 0.1) is 6.04 Å². The summed E-state index contributed by atoms with van der Waals surface area (Å²) in [7, 11) is 2.11. The molecule has 1 aliphatic heterocycles. The first kappa shape index (κ1) is 16.2. The number of benzene rings is 1. The predicted molar refractivity (Wildman–Crippen MR) is 105 cm³/mol. The van der Waals surface area contributed by atoms with Gasteiger partial charge in [-0.05, 0) is 37.5 Å². The maximum atomic E-state index is 12.3. The van der Waals surface area contributed by atoms with Crippen molar-refractivity contribution >= 4 is 40.2 Å². The third-order valence-electron chi connectivity index (χ3n) is 5.56. The summed E-state index contributed by atoms with van der Waals surface area (Å²) in [6.07, 6.45) is 7.49. The molecule has 0 saturated carbocycles. The number of Topliss-reactive ketones (excluding diaryl/α,β-unsaturated/α-hetero) is 1. The van der Waals surface area contributed by atoms with Crippen molar-refractivity contribution in [3.8, 4) is 0 Å². The number of carbonyl (C=O) groups is 1. The van der Waals surface area contributed by atoms with E-state index in [-0.39, 0.29) is 15.8 Å². The molecule has 4 rings (SSSR count). The molecule has 2 aromatic rings. The number of aromatic nitrogens is 1. The van der Waals surface area contributed by atoms with E-state index in [0.717, 1.165) is 12.0 Å². The minimum atomic E-state index is -0.0432. The van der Waals surface area contributed by atoms with Gasteiger partial charge in [-0.25, -0.2) is 0 Å². The quantitative estimate of drug-likeness (QED) is 0.829. The molecule has 2 atom stereocenters. The molecule has 0 spiro atoms. The molecule has 0 radical (unpaired) electrons. The van der Waals surface area contributed by atoms with Gasteiger partial charge in [0.15, 0.2) is 5.78 Å². The lowest BCUT2D eigenvalue weighted by Gasteiger charge is -2.51. The first-order valence-corrected chi connectivity index (χ1v) is 10.6. The van der Waals surface area contributed by atoms with E-state index >= 15 is 0 Å². The number of thioether (sulfide) groups is 2. The highest BCUT2D eigenvalue weighted by Gasteiger charge is 2.52. The summed E-state index contributed by atoms with van der Waals surface area (Å²) >= 11 is 3.82.